The number of carboxylic acid groups (broad SMARTS) is 1. The van der Waals surface area contributed by atoms with Crippen molar-refractivity contribution in [2.24, 2.45) is 5.73 Å². The molecule has 0 rings (SSSR count). The number of nitrogens with two attached hydrogens (primary N) is 1. The highest BCUT2D eigenvalue weighted by Gasteiger charge is 1.65. The average Bonchev–Trinajstić information content (AvgIpc) is 1.65. The number of amides is 1. The van der Waals surface area contributed by atoms with E-state index in [0.29, 0.717) is 0 Å². The monoisotopic (exact) mass is 155 g/mol. The quantitative estimate of drug-likeness (QED) is 0.394. The lowest BCUT2D eigenvalue weighted by Gasteiger charge is -1.68. The maximum absolute atomic E-state index is 8.78. The molecule has 0 fully saturated rings. The minimum atomic E-state index is -1.33. The molecule has 0 saturated heterocycles. The number of carbonyl (C=O) groups is 1. The molecule has 1 amide bonds. The Morgan fingerprint density at radius 3 is 2.12 bits per heavy atom. The molecule has 0 aliphatic rings. The van der Waals surface area contributed by atoms with Gasteiger partial charge in [0, 0.05) is 5.75 Å². The van der Waals surface area contributed by atoms with Gasteiger partial charge in [-0.2, -0.15) is 0 Å². The Bertz CT molecular complexity index is 53.2. The standard InChI is InChI=1S/C2H6S2.CH3NO2/c1-2-4-3;2-1(3)4/h3H,2H2,1H3;2H2,(H,3,4). The second kappa shape index (κ2) is 10.1. The molecule has 0 atom stereocenters. The SMILES string of the molecule is CCSS.NC(=O)O. The van der Waals surface area contributed by atoms with Gasteiger partial charge in [0.15, 0.2) is 0 Å². The fourth-order valence-corrected chi connectivity index (χ4v) is 0. The molecule has 0 radical (unpaired) electrons. The first-order valence-corrected chi connectivity index (χ1v) is 3.93. The largest absolute Gasteiger partial charge is 0.465 e. The van der Waals surface area contributed by atoms with Gasteiger partial charge in [0.25, 0.3) is 0 Å². The van der Waals surface area contributed by atoms with E-state index < -0.39 is 6.09 Å². The van der Waals surface area contributed by atoms with Crippen molar-refractivity contribution < 1.29 is 9.90 Å². The van der Waals surface area contributed by atoms with Gasteiger partial charge in [-0.1, -0.05) is 17.7 Å². The summed E-state index contributed by atoms with van der Waals surface area (Å²) in [6.07, 6.45) is -1.33. The normalized spacial score (nSPS) is 6.75. The van der Waals surface area contributed by atoms with Crippen molar-refractivity contribution in [1.82, 2.24) is 0 Å². The molecule has 50 valence electrons. The first kappa shape index (κ1) is 10.9. The Labute approximate surface area is 57.4 Å². The Morgan fingerprint density at radius 2 is 2.12 bits per heavy atom. The first-order chi connectivity index (χ1) is 3.65. The van der Waals surface area contributed by atoms with Gasteiger partial charge >= 0.3 is 6.09 Å². The van der Waals surface area contributed by atoms with Crippen molar-refractivity contribution in [3.05, 3.63) is 0 Å². The van der Waals surface area contributed by atoms with E-state index in [1.165, 1.54) is 0 Å². The number of rotatable bonds is 1. The zero-order chi connectivity index (χ0) is 6.99. The van der Waals surface area contributed by atoms with Crippen LogP contribution < -0.4 is 5.73 Å². The van der Waals surface area contributed by atoms with E-state index in [4.69, 9.17) is 9.90 Å². The van der Waals surface area contributed by atoms with Gasteiger partial charge in [0.05, 0.1) is 0 Å². The summed E-state index contributed by atoms with van der Waals surface area (Å²) in [7, 11) is 1.55. The van der Waals surface area contributed by atoms with Crippen LogP contribution in [0.15, 0.2) is 0 Å². The maximum atomic E-state index is 8.78. The molecule has 0 heterocycles. The van der Waals surface area contributed by atoms with Gasteiger partial charge in [-0.05, 0) is 0 Å². The zero-order valence-corrected chi connectivity index (χ0v) is 6.21. The second-order valence-electron chi connectivity index (χ2n) is 0.756. The predicted octanol–water partition coefficient (Wildman–Crippen LogP) is 1.21. The molecular weight excluding hydrogens is 146 g/mol. The predicted molar refractivity (Wildman–Crippen MR) is 39.3 cm³/mol. The number of hydrogen-bond donors (Lipinski definition) is 3. The molecule has 0 aromatic rings. The van der Waals surface area contributed by atoms with Crippen molar-refractivity contribution in [3.8, 4) is 0 Å². The van der Waals surface area contributed by atoms with Crippen molar-refractivity contribution in [3.63, 3.8) is 0 Å². The molecule has 0 unspecified atom stereocenters. The summed E-state index contributed by atoms with van der Waals surface area (Å²) >= 11 is 3.84. The smallest absolute Gasteiger partial charge is 0.402 e. The molecule has 0 bridgehead atoms. The third kappa shape index (κ3) is 157. The van der Waals surface area contributed by atoms with Gasteiger partial charge < -0.3 is 10.8 Å². The minimum Gasteiger partial charge on any atom is -0.465 e. The van der Waals surface area contributed by atoms with E-state index in [1.807, 2.05) is 0 Å². The molecule has 0 spiro atoms. The van der Waals surface area contributed by atoms with Crippen LogP contribution in [-0.4, -0.2) is 17.0 Å². The van der Waals surface area contributed by atoms with Crippen LogP contribution in [0.2, 0.25) is 0 Å². The molecule has 3 N–H and O–H groups in total. The van der Waals surface area contributed by atoms with Gasteiger partial charge in [-0.3, -0.25) is 0 Å². The van der Waals surface area contributed by atoms with E-state index >= 15 is 0 Å². The summed E-state index contributed by atoms with van der Waals surface area (Å²) in [6, 6.07) is 0. The molecule has 0 aliphatic heterocycles. The lowest BCUT2D eigenvalue weighted by molar-refractivity contribution is 0.205. The van der Waals surface area contributed by atoms with Crippen LogP contribution in [0.1, 0.15) is 6.92 Å². The summed E-state index contributed by atoms with van der Waals surface area (Å²) in [5, 5.41) is 7.19. The molecule has 5 heteroatoms. The summed E-state index contributed by atoms with van der Waals surface area (Å²) in [5.74, 6) is 1.10. The zero-order valence-electron chi connectivity index (χ0n) is 4.50. The highest BCUT2D eigenvalue weighted by atomic mass is 33.1. The molecule has 8 heavy (non-hydrogen) atoms. The lowest BCUT2D eigenvalue weighted by atomic mass is 11.0. The maximum Gasteiger partial charge on any atom is 0.402 e. The molecule has 0 saturated carbocycles. The van der Waals surface area contributed by atoms with Gasteiger partial charge in [-0.15, -0.1) is 11.7 Å². The topological polar surface area (TPSA) is 63.3 Å². The van der Waals surface area contributed by atoms with Crippen LogP contribution in [0.4, 0.5) is 4.79 Å². The Hall–Kier alpha value is -0.0300. The number of primary amides is 1. The Balaban J connectivity index is 0. The van der Waals surface area contributed by atoms with Gasteiger partial charge in [0.1, 0.15) is 0 Å². The molecule has 0 aromatic carbocycles. The van der Waals surface area contributed by atoms with E-state index in [-0.39, 0.29) is 0 Å². The molecular formula is C3H9NO2S2. The van der Waals surface area contributed by atoms with Crippen LogP contribution in [0.3, 0.4) is 0 Å². The van der Waals surface area contributed by atoms with Gasteiger partial charge in [-0.25, -0.2) is 4.79 Å². The van der Waals surface area contributed by atoms with E-state index in [9.17, 15) is 0 Å². The van der Waals surface area contributed by atoms with E-state index in [2.05, 4.69) is 24.3 Å². The fraction of sp³-hybridized carbons (Fsp3) is 0.667. The van der Waals surface area contributed by atoms with Crippen molar-refractivity contribution in [2.45, 2.75) is 6.92 Å². The van der Waals surface area contributed by atoms with Crippen molar-refractivity contribution in [2.75, 3.05) is 5.75 Å². The highest BCUT2D eigenvalue weighted by molar-refractivity contribution is 8.68. The van der Waals surface area contributed by atoms with Crippen LogP contribution >= 0.6 is 22.5 Å². The fourth-order valence-electron chi connectivity index (χ4n) is 0. The second-order valence-corrected chi connectivity index (χ2v) is 2.37. The van der Waals surface area contributed by atoms with E-state index in [1.54, 1.807) is 10.8 Å². The summed E-state index contributed by atoms with van der Waals surface area (Å²) in [6.45, 7) is 2.07. The Kier molecular flexibility index (Phi) is 13.7. The van der Waals surface area contributed by atoms with Crippen LogP contribution in [0, 0.1) is 0 Å². The van der Waals surface area contributed by atoms with Crippen molar-refractivity contribution in [1.29, 1.82) is 0 Å². The number of thiol groups is 1. The first-order valence-electron chi connectivity index (χ1n) is 1.89. The highest BCUT2D eigenvalue weighted by Crippen LogP contribution is 2.00. The van der Waals surface area contributed by atoms with Crippen LogP contribution in [0.25, 0.3) is 0 Å². The Morgan fingerprint density at radius 1 is 2.00 bits per heavy atom. The average molecular weight is 155 g/mol. The lowest BCUT2D eigenvalue weighted by Crippen LogP contribution is -2.03. The van der Waals surface area contributed by atoms with Crippen molar-refractivity contribution >= 4 is 28.5 Å². The molecule has 0 aromatic heterocycles. The summed E-state index contributed by atoms with van der Waals surface area (Å²) in [4.78, 5) is 8.78. The van der Waals surface area contributed by atoms with E-state index in [0.717, 1.165) is 5.75 Å². The summed E-state index contributed by atoms with van der Waals surface area (Å²) < 4.78 is 0. The molecule has 0 aliphatic carbocycles. The third-order valence-electron chi connectivity index (χ3n) is 0.129. The van der Waals surface area contributed by atoms with Gasteiger partial charge in [0.2, 0.25) is 0 Å². The minimum absolute atomic E-state index is 1.10. The molecule has 3 nitrogen and oxygen atoms in total. The van der Waals surface area contributed by atoms with Crippen LogP contribution in [0.5, 0.6) is 0 Å². The summed E-state index contributed by atoms with van der Waals surface area (Å²) in [5.41, 5.74) is 4.03. The third-order valence-corrected chi connectivity index (χ3v) is 1.16. The number of hydrogen-bond acceptors (Lipinski definition) is 3. The van der Waals surface area contributed by atoms with Crippen LogP contribution in [-0.2, 0) is 0 Å².